The van der Waals surface area contributed by atoms with E-state index in [2.05, 4.69) is 0 Å². The number of carboxylic acids is 2. The fraction of sp³-hybridized carbons (Fsp3) is 0.667. The maximum absolute atomic E-state index is 10.2. The predicted molar refractivity (Wildman–Crippen MR) is 26.2 cm³/mol. The number of carbonyl (C=O) groups is 2. The van der Waals surface area contributed by atoms with Gasteiger partial charge in [0.1, 0.15) is 0 Å². The van der Waals surface area contributed by atoms with Crippen molar-refractivity contribution >= 4 is 11.9 Å². The minimum Gasteiger partial charge on any atom is -0.550 e. The highest BCUT2D eigenvalue weighted by Crippen LogP contribution is 2.51. The molecule has 0 aromatic carbocycles. The number of hydrogen-bond donors (Lipinski definition) is 0. The molecule has 0 aromatic rings. The zero-order chi connectivity index (χ0) is 7.94. The molecule has 1 rings (SSSR count). The second kappa shape index (κ2) is 1.71. The summed E-state index contributed by atoms with van der Waals surface area (Å²) < 4.78 is 0. The molecule has 0 spiro atoms. The third-order valence-corrected chi connectivity index (χ3v) is 1.99. The van der Waals surface area contributed by atoms with Crippen LogP contribution in [0, 0.1) is 11.3 Å². The summed E-state index contributed by atoms with van der Waals surface area (Å²) in [5, 5.41) is 20.3. The van der Waals surface area contributed by atoms with Crippen LogP contribution in [0.2, 0.25) is 0 Å². The molecule has 2 atom stereocenters. The first-order valence-corrected chi connectivity index (χ1v) is 2.91. The van der Waals surface area contributed by atoms with Crippen LogP contribution in [0.3, 0.4) is 0 Å². The van der Waals surface area contributed by atoms with Crippen molar-refractivity contribution in [3.05, 3.63) is 0 Å². The van der Waals surface area contributed by atoms with Crippen molar-refractivity contribution in [2.24, 2.45) is 11.3 Å². The lowest BCUT2D eigenvalue weighted by Gasteiger charge is -2.11. The second-order valence-corrected chi connectivity index (χ2v) is 2.78. The van der Waals surface area contributed by atoms with Gasteiger partial charge in [0.05, 0.1) is 0 Å². The number of carboxylic acid groups (broad SMARTS) is 2. The monoisotopic (exact) mass is 142 g/mol. The predicted octanol–water partition coefficient (Wildman–Crippen LogP) is -2.49. The quantitative estimate of drug-likeness (QED) is 0.427. The van der Waals surface area contributed by atoms with E-state index in [9.17, 15) is 19.8 Å². The first kappa shape index (κ1) is 7.05. The molecule has 0 saturated heterocycles. The smallest absolute Gasteiger partial charge is 0.0480 e. The molecule has 0 heterocycles. The van der Waals surface area contributed by atoms with Crippen LogP contribution in [0.5, 0.6) is 0 Å². The molecule has 0 radical (unpaired) electrons. The Morgan fingerprint density at radius 3 is 2.10 bits per heavy atom. The van der Waals surface area contributed by atoms with Crippen LogP contribution in [0.1, 0.15) is 13.3 Å². The van der Waals surface area contributed by atoms with Gasteiger partial charge in [0.25, 0.3) is 0 Å². The van der Waals surface area contributed by atoms with Crippen LogP contribution in [0.25, 0.3) is 0 Å². The van der Waals surface area contributed by atoms with E-state index < -0.39 is 23.3 Å². The van der Waals surface area contributed by atoms with Crippen molar-refractivity contribution in [1.29, 1.82) is 0 Å². The summed E-state index contributed by atoms with van der Waals surface area (Å²) in [7, 11) is 0. The van der Waals surface area contributed by atoms with Crippen LogP contribution in [0.15, 0.2) is 0 Å². The molecule has 4 nitrogen and oxygen atoms in total. The Labute approximate surface area is 57.5 Å². The summed E-state index contributed by atoms with van der Waals surface area (Å²) in [4.78, 5) is 20.3. The highest BCUT2D eigenvalue weighted by atomic mass is 16.4. The fourth-order valence-corrected chi connectivity index (χ4v) is 0.934. The Morgan fingerprint density at radius 1 is 1.50 bits per heavy atom. The topological polar surface area (TPSA) is 80.3 Å². The number of aliphatic carboxylic acids is 2. The molecule has 0 aromatic heterocycles. The summed E-state index contributed by atoms with van der Waals surface area (Å²) in [6, 6.07) is 0. The zero-order valence-electron chi connectivity index (χ0n) is 5.42. The van der Waals surface area contributed by atoms with Crippen molar-refractivity contribution in [3.63, 3.8) is 0 Å². The molecule has 1 aliphatic rings. The first-order valence-electron chi connectivity index (χ1n) is 2.91. The molecule has 4 heteroatoms. The van der Waals surface area contributed by atoms with Crippen molar-refractivity contribution in [3.8, 4) is 0 Å². The third kappa shape index (κ3) is 0.761. The molecule has 0 amide bonds. The van der Waals surface area contributed by atoms with Gasteiger partial charge in [-0.2, -0.15) is 0 Å². The lowest BCUT2D eigenvalue weighted by Crippen LogP contribution is -2.36. The van der Waals surface area contributed by atoms with E-state index in [0.29, 0.717) is 0 Å². The second-order valence-electron chi connectivity index (χ2n) is 2.78. The van der Waals surface area contributed by atoms with Crippen LogP contribution in [-0.4, -0.2) is 11.9 Å². The Hall–Kier alpha value is -1.06. The molecule has 1 saturated carbocycles. The van der Waals surface area contributed by atoms with Gasteiger partial charge in [0, 0.05) is 23.3 Å². The standard InChI is InChI=1S/C6H8O4/c1-6(5(9)10)2-3(6)4(7)8/h3H,2H2,1H3,(H,7,8)(H,9,10)/p-2/t3-,6+/m1/s1. The van der Waals surface area contributed by atoms with Crippen molar-refractivity contribution in [2.45, 2.75) is 13.3 Å². The van der Waals surface area contributed by atoms with E-state index in [1.165, 1.54) is 6.92 Å². The van der Waals surface area contributed by atoms with Gasteiger partial charge in [-0.25, -0.2) is 0 Å². The summed E-state index contributed by atoms with van der Waals surface area (Å²) in [6.45, 7) is 1.35. The number of rotatable bonds is 2. The van der Waals surface area contributed by atoms with E-state index in [4.69, 9.17) is 0 Å². The molecule has 56 valence electrons. The van der Waals surface area contributed by atoms with Gasteiger partial charge >= 0.3 is 0 Å². The SMILES string of the molecule is C[C@]1(C(=O)[O-])C[C@@H]1C(=O)[O-]. The van der Waals surface area contributed by atoms with Gasteiger partial charge in [-0.05, 0) is 6.42 Å². The number of carbonyl (C=O) groups excluding carboxylic acids is 2. The van der Waals surface area contributed by atoms with Gasteiger partial charge < -0.3 is 19.8 Å². The Balaban J connectivity index is 2.65. The minimum absolute atomic E-state index is 0.137. The Bertz CT molecular complexity index is 198. The van der Waals surface area contributed by atoms with Crippen LogP contribution < -0.4 is 10.2 Å². The van der Waals surface area contributed by atoms with E-state index in [0.717, 1.165) is 0 Å². The van der Waals surface area contributed by atoms with Crippen molar-refractivity contribution in [2.75, 3.05) is 0 Å². The molecule has 10 heavy (non-hydrogen) atoms. The maximum Gasteiger partial charge on any atom is 0.0480 e. The number of hydrogen-bond acceptors (Lipinski definition) is 4. The molecule has 0 bridgehead atoms. The lowest BCUT2D eigenvalue weighted by atomic mass is 10.1. The minimum atomic E-state index is -1.30. The summed E-state index contributed by atoms with van der Waals surface area (Å²) >= 11 is 0. The van der Waals surface area contributed by atoms with Gasteiger partial charge in [-0.3, -0.25) is 0 Å². The highest BCUT2D eigenvalue weighted by molar-refractivity contribution is 5.86. The zero-order valence-corrected chi connectivity index (χ0v) is 5.42. The largest absolute Gasteiger partial charge is 0.550 e. The van der Waals surface area contributed by atoms with Crippen molar-refractivity contribution in [1.82, 2.24) is 0 Å². The van der Waals surface area contributed by atoms with Gasteiger partial charge in [-0.15, -0.1) is 0 Å². The normalized spacial score (nSPS) is 37.1. The highest BCUT2D eigenvalue weighted by Gasteiger charge is 2.52. The lowest BCUT2D eigenvalue weighted by molar-refractivity contribution is -0.320. The van der Waals surface area contributed by atoms with E-state index in [1.807, 2.05) is 0 Å². The van der Waals surface area contributed by atoms with Crippen LogP contribution in [-0.2, 0) is 9.59 Å². The van der Waals surface area contributed by atoms with Crippen LogP contribution in [0.4, 0.5) is 0 Å². The average Bonchev–Trinajstić information content (AvgIpc) is 2.43. The molecular formula is C6H6O4-2. The molecular weight excluding hydrogens is 136 g/mol. The molecule has 1 aliphatic carbocycles. The average molecular weight is 142 g/mol. The Kier molecular flexibility index (Phi) is 1.21. The van der Waals surface area contributed by atoms with Crippen LogP contribution >= 0.6 is 0 Å². The fourth-order valence-electron chi connectivity index (χ4n) is 0.934. The molecule has 1 fully saturated rings. The summed E-state index contributed by atoms with van der Waals surface area (Å²) in [5.74, 6) is -3.45. The summed E-state index contributed by atoms with van der Waals surface area (Å²) in [6.07, 6.45) is 0.137. The molecule has 0 unspecified atom stereocenters. The van der Waals surface area contributed by atoms with Gasteiger partial charge in [0.2, 0.25) is 0 Å². The van der Waals surface area contributed by atoms with Gasteiger partial charge in [0.15, 0.2) is 0 Å². The van der Waals surface area contributed by atoms with Gasteiger partial charge in [-0.1, -0.05) is 6.92 Å². The first-order chi connectivity index (χ1) is 4.48. The van der Waals surface area contributed by atoms with E-state index in [1.54, 1.807) is 0 Å². The Morgan fingerprint density at radius 2 is 2.00 bits per heavy atom. The van der Waals surface area contributed by atoms with E-state index in [-0.39, 0.29) is 6.42 Å². The maximum atomic E-state index is 10.2. The van der Waals surface area contributed by atoms with E-state index >= 15 is 0 Å². The summed E-state index contributed by atoms with van der Waals surface area (Å²) in [5.41, 5.74) is -1.17. The van der Waals surface area contributed by atoms with Crippen molar-refractivity contribution < 1.29 is 19.8 Å². The molecule has 0 N–H and O–H groups in total. The third-order valence-electron chi connectivity index (χ3n) is 1.99. The molecule has 0 aliphatic heterocycles.